The quantitative estimate of drug-likeness (QED) is 0.437. The number of aromatic nitrogens is 2. The van der Waals surface area contributed by atoms with Gasteiger partial charge in [-0.05, 0) is 29.1 Å². The van der Waals surface area contributed by atoms with E-state index < -0.39 is 0 Å². The van der Waals surface area contributed by atoms with Crippen LogP contribution >= 0.6 is 11.8 Å². The van der Waals surface area contributed by atoms with E-state index in [1.807, 2.05) is 42.5 Å². The first-order valence-corrected chi connectivity index (χ1v) is 9.07. The summed E-state index contributed by atoms with van der Waals surface area (Å²) < 4.78 is 24.4. The van der Waals surface area contributed by atoms with Gasteiger partial charge in [-0.15, -0.1) is 10.2 Å². The normalized spacial score (nSPS) is 11.0. The van der Waals surface area contributed by atoms with Crippen LogP contribution in [0.4, 0.5) is 4.39 Å². The van der Waals surface area contributed by atoms with Crippen molar-refractivity contribution >= 4 is 22.5 Å². The molecule has 0 aliphatic heterocycles. The Kier molecular flexibility index (Phi) is 4.84. The van der Waals surface area contributed by atoms with Crippen molar-refractivity contribution in [2.45, 2.75) is 17.6 Å². The monoisotopic (exact) mass is 366 g/mol. The van der Waals surface area contributed by atoms with Crippen LogP contribution in [-0.4, -0.2) is 10.2 Å². The molecule has 0 amide bonds. The molecular weight excluding hydrogens is 351 g/mol. The third kappa shape index (κ3) is 3.86. The summed E-state index contributed by atoms with van der Waals surface area (Å²) in [5.41, 5.74) is 0.989. The molecule has 4 rings (SSSR count). The van der Waals surface area contributed by atoms with Crippen LogP contribution in [-0.2, 0) is 12.4 Å². The minimum atomic E-state index is -0.246. The summed E-state index contributed by atoms with van der Waals surface area (Å²) in [7, 11) is 0. The van der Waals surface area contributed by atoms with Crippen molar-refractivity contribution in [3.8, 4) is 5.75 Å². The SMILES string of the molecule is Fc1ccc(CSc2nnc(COc3cccc4ccccc34)o2)cc1. The summed E-state index contributed by atoms with van der Waals surface area (Å²) in [5.74, 6) is 1.58. The van der Waals surface area contributed by atoms with Gasteiger partial charge in [0.1, 0.15) is 11.6 Å². The molecule has 6 heteroatoms. The third-order valence-electron chi connectivity index (χ3n) is 3.82. The smallest absolute Gasteiger partial charge is 0.277 e. The second-order valence-corrected chi connectivity index (χ2v) is 6.57. The predicted molar refractivity (Wildman–Crippen MR) is 98.5 cm³/mol. The van der Waals surface area contributed by atoms with Crippen LogP contribution < -0.4 is 4.74 Å². The lowest BCUT2D eigenvalue weighted by atomic mass is 10.1. The molecule has 0 atom stereocenters. The average molecular weight is 366 g/mol. The molecule has 0 aliphatic carbocycles. The summed E-state index contributed by atoms with van der Waals surface area (Å²) in [6.07, 6.45) is 0. The van der Waals surface area contributed by atoms with Crippen molar-refractivity contribution in [2.24, 2.45) is 0 Å². The lowest BCUT2D eigenvalue weighted by Gasteiger charge is -2.07. The average Bonchev–Trinajstić information content (AvgIpc) is 3.14. The van der Waals surface area contributed by atoms with Gasteiger partial charge < -0.3 is 9.15 Å². The number of ether oxygens (including phenoxy) is 1. The molecule has 0 fully saturated rings. The highest BCUT2D eigenvalue weighted by atomic mass is 32.2. The van der Waals surface area contributed by atoms with E-state index in [1.54, 1.807) is 12.1 Å². The van der Waals surface area contributed by atoms with Gasteiger partial charge in [0.15, 0.2) is 6.61 Å². The lowest BCUT2D eigenvalue weighted by molar-refractivity contribution is 0.254. The van der Waals surface area contributed by atoms with Crippen molar-refractivity contribution in [3.05, 3.63) is 84.0 Å². The van der Waals surface area contributed by atoms with Crippen LogP contribution in [0, 0.1) is 5.82 Å². The van der Waals surface area contributed by atoms with E-state index in [4.69, 9.17) is 9.15 Å². The summed E-state index contributed by atoms with van der Waals surface area (Å²) in [4.78, 5) is 0. The van der Waals surface area contributed by atoms with Crippen molar-refractivity contribution in [2.75, 3.05) is 0 Å². The molecule has 1 aromatic heterocycles. The van der Waals surface area contributed by atoms with Crippen LogP contribution in [0.5, 0.6) is 5.75 Å². The number of benzene rings is 3. The van der Waals surface area contributed by atoms with Crippen LogP contribution in [0.2, 0.25) is 0 Å². The topological polar surface area (TPSA) is 48.2 Å². The Labute approximate surface area is 154 Å². The number of thioether (sulfide) groups is 1. The van der Waals surface area contributed by atoms with Crippen LogP contribution in [0.15, 0.2) is 76.4 Å². The van der Waals surface area contributed by atoms with E-state index in [9.17, 15) is 4.39 Å². The third-order valence-corrected chi connectivity index (χ3v) is 4.71. The molecule has 4 aromatic rings. The zero-order valence-corrected chi connectivity index (χ0v) is 14.6. The highest BCUT2D eigenvalue weighted by molar-refractivity contribution is 7.98. The Balaban J connectivity index is 1.38. The molecule has 1 heterocycles. The number of rotatable bonds is 6. The maximum atomic E-state index is 12.9. The highest BCUT2D eigenvalue weighted by Gasteiger charge is 2.09. The van der Waals surface area contributed by atoms with Crippen molar-refractivity contribution in [1.29, 1.82) is 0 Å². The fraction of sp³-hybridized carbons (Fsp3) is 0.100. The van der Waals surface area contributed by atoms with E-state index in [1.165, 1.54) is 23.9 Å². The summed E-state index contributed by atoms with van der Waals surface area (Å²) >= 11 is 1.41. The molecule has 0 unspecified atom stereocenters. The number of fused-ring (bicyclic) bond motifs is 1. The molecule has 0 aliphatic rings. The van der Waals surface area contributed by atoms with Crippen LogP contribution in [0.1, 0.15) is 11.5 Å². The molecule has 0 saturated heterocycles. The highest BCUT2D eigenvalue weighted by Crippen LogP contribution is 2.26. The zero-order chi connectivity index (χ0) is 17.8. The fourth-order valence-electron chi connectivity index (χ4n) is 2.54. The Morgan fingerprint density at radius 1 is 0.923 bits per heavy atom. The Bertz CT molecular complexity index is 1010. The van der Waals surface area contributed by atoms with Crippen molar-refractivity contribution in [3.63, 3.8) is 0 Å². The van der Waals surface area contributed by atoms with E-state index in [0.717, 1.165) is 22.1 Å². The first-order valence-electron chi connectivity index (χ1n) is 8.08. The molecule has 26 heavy (non-hydrogen) atoms. The minimum Gasteiger partial charge on any atom is -0.483 e. The largest absolute Gasteiger partial charge is 0.483 e. The zero-order valence-electron chi connectivity index (χ0n) is 13.8. The molecule has 4 nitrogen and oxygen atoms in total. The van der Waals surface area contributed by atoms with Gasteiger partial charge in [0.2, 0.25) is 0 Å². The van der Waals surface area contributed by atoms with Crippen LogP contribution in [0.25, 0.3) is 10.8 Å². The molecule has 0 spiro atoms. The summed E-state index contributed by atoms with van der Waals surface area (Å²) in [6.45, 7) is 0.206. The number of nitrogens with zero attached hydrogens (tertiary/aromatic N) is 2. The lowest BCUT2D eigenvalue weighted by Crippen LogP contribution is -1.96. The van der Waals surface area contributed by atoms with Gasteiger partial charge in [0.05, 0.1) is 0 Å². The van der Waals surface area contributed by atoms with Crippen LogP contribution in [0.3, 0.4) is 0 Å². The predicted octanol–water partition coefficient (Wildman–Crippen LogP) is 5.23. The maximum absolute atomic E-state index is 12.9. The Hall–Kier alpha value is -2.86. The number of halogens is 1. The molecule has 0 saturated carbocycles. The second-order valence-electron chi connectivity index (χ2n) is 5.64. The molecular formula is C20H15FN2O2S. The fourth-order valence-corrected chi connectivity index (χ4v) is 3.28. The van der Waals surface area contributed by atoms with Crippen molar-refractivity contribution in [1.82, 2.24) is 10.2 Å². The first kappa shape index (κ1) is 16.6. The van der Waals surface area contributed by atoms with E-state index in [0.29, 0.717) is 16.9 Å². The molecule has 3 aromatic carbocycles. The van der Waals surface area contributed by atoms with Gasteiger partial charge in [-0.2, -0.15) is 0 Å². The van der Waals surface area contributed by atoms with Gasteiger partial charge in [0.25, 0.3) is 11.1 Å². The maximum Gasteiger partial charge on any atom is 0.277 e. The minimum absolute atomic E-state index is 0.206. The van der Waals surface area contributed by atoms with E-state index in [-0.39, 0.29) is 12.4 Å². The molecule has 0 N–H and O–H groups in total. The number of hydrogen-bond donors (Lipinski definition) is 0. The van der Waals surface area contributed by atoms with Gasteiger partial charge in [-0.3, -0.25) is 0 Å². The van der Waals surface area contributed by atoms with Gasteiger partial charge in [0, 0.05) is 11.1 Å². The second kappa shape index (κ2) is 7.58. The summed E-state index contributed by atoms with van der Waals surface area (Å²) in [5, 5.41) is 10.7. The van der Waals surface area contributed by atoms with Gasteiger partial charge >= 0.3 is 0 Å². The number of hydrogen-bond acceptors (Lipinski definition) is 5. The standard InChI is InChI=1S/C20H15FN2O2S/c21-16-10-8-14(9-11-16)13-26-20-23-22-19(25-20)12-24-18-7-3-5-15-4-1-2-6-17(15)18/h1-11H,12-13H2. The summed E-state index contributed by atoms with van der Waals surface area (Å²) in [6, 6.07) is 20.3. The molecule has 0 radical (unpaired) electrons. The van der Waals surface area contributed by atoms with Gasteiger partial charge in [-0.25, -0.2) is 4.39 Å². The Morgan fingerprint density at radius 2 is 1.73 bits per heavy atom. The van der Waals surface area contributed by atoms with Crippen molar-refractivity contribution < 1.29 is 13.5 Å². The van der Waals surface area contributed by atoms with E-state index in [2.05, 4.69) is 10.2 Å². The van der Waals surface area contributed by atoms with E-state index >= 15 is 0 Å². The Morgan fingerprint density at radius 3 is 2.62 bits per heavy atom. The van der Waals surface area contributed by atoms with Gasteiger partial charge in [-0.1, -0.05) is 60.3 Å². The first-order chi connectivity index (χ1) is 12.8. The molecule has 0 bridgehead atoms. The molecule has 130 valence electrons.